The Kier molecular flexibility index (Phi) is 6.94. The summed E-state index contributed by atoms with van der Waals surface area (Å²) in [6.07, 6.45) is -3.42. The maximum atomic E-state index is 13.2. The number of nitrogens with zero attached hydrogens (tertiary/aromatic N) is 1. The van der Waals surface area contributed by atoms with E-state index in [9.17, 15) is 31.2 Å². The molecule has 0 N–H and O–H groups in total. The minimum atomic E-state index is -4.82. The van der Waals surface area contributed by atoms with E-state index in [0.29, 0.717) is 6.07 Å². The van der Waals surface area contributed by atoms with Crippen molar-refractivity contribution in [1.82, 2.24) is 4.31 Å². The van der Waals surface area contributed by atoms with Crippen LogP contribution in [0.3, 0.4) is 0 Å². The van der Waals surface area contributed by atoms with Crippen molar-refractivity contribution in [3.63, 3.8) is 0 Å². The van der Waals surface area contributed by atoms with Crippen LogP contribution in [0.25, 0.3) is 0 Å². The molecule has 0 bridgehead atoms. The van der Waals surface area contributed by atoms with Crippen LogP contribution in [0.15, 0.2) is 45.9 Å². The first kappa shape index (κ1) is 23.8. The van der Waals surface area contributed by atoms with Crippen LogP contribution in [-0.2, 0) is 37.1 Å². The van der Waals surface area contributed by atoms with Crippen LogP contribution in [0.1, 0.15) is 34.5 Å². The van der Waals surface area contributed by atoms with Gasteiger partial charge in [0, 0.05) is 13.1 Å². The van der Waals surface area contributed by atoms with E-state index >= 15 is 0 Å². The van der Waals surface area contributed by atoms with Crippen LogP contribution in [0.5, 0.6) is 0 Å². The fourth-order valence-corrected chi connectivity index (χ4v) is 5.08. The maximum absolute atomic E-state index is 13.2. The van der Waals surface area contributed by atoms with Crippen LogP contribution in [-0.4, -0.2) is 44.9 Å². The topological polar surface area (TPSA) is 103 Å². The average Bonchev–Trinajstić information content (AvgIpc) is 3.25. The van der Waals surface area contributed by atoms with Gasteiger partial charge in [-0.25, -0.2) is 13.2 Å². The molecule has 0 aliphatic carbocycles. The first-order valence-electron chi connectivity index (χ1n) is 9.53. The highest BCUT2D eigenvalue weighted by molar-refractivity contribution is 7.89. The lowest BCUT2D eigenvalue weighted by Crippen LogP contribution is -2.41. The lowest BCUT2D eigenvalue weighted by atomic mass is 9.98. The smallest absolute Gasteiger partial charge is 0.417 e. The van der Waals surface area contributed by atoms with E-state index in [1.54, 1.807) is 0 Å². The van der Waals surface area contributed by atoms with Crippen molar-refractivity contribution in [2.75, 3.05) is 20.2 Å². The fourth-order valence-electron chi connectivity index (χ4n) is 3.40. The first-order valence-corrected chi connectivity index (χ1v) is 11.0. The summed E-state index contributed by atoms with van der Waals surface area (Å²) in [5.74, 6) is -1.81. The van der Waals surface area contributed by atoms with Gasteiger partial charge >= 0.3 is 18.1 Å². The van der Waals surface area contributed by atoms with Crippen molar-refractivity contribution in [1.29, 1.82) is 0 Å². The van der Waals surface area contributed by atoms with E-state index in [1.165, 1.54) is 25.5 Å². The molecule has 2 heterocycles. The number of halogens is 3. The zero-order valence-corrected chi connectivity index (χ0v) is 17.7. The molecule has 0 amide bonds. The van der Waals surface area contributed by atoms with Gasteiger partial charge in [-0.3, -0.25) is 4.79 Å². The summed E-state index contributed by atoms with van der Waals surface area (Å²) < 4.78 is 81.1. The molecule has 32 heavy (non-hydrogen) atoms. The van der Waals surface area contributed by atoms with E-state index < -0.39 is 44.5 Å². The summed E-state index contributed by atoms with van der Waals surface area (Å²) in [4.78, 5) is 23.2. The summed E-state index contributed by atoms with van der Waals surface area (Å²) in [7, 11) is -3.20. The third-order valence-electron chi connectivity index (χ3n) is 5.09. The molecule has 1 aliphatic rings. The Morgan fingerprint density at radius 2 is 1.81 bits per heavy atom. The molecule has 12 heteroatoms. The second kappa shape index (κ2) is 9.33. The molecule has 0 unspecified atom stereocenters. The lowest BCUT2D eigenvalue weighted by Gasteiger charge is -2.30. The molecule has 1 aromatic carbocycles. The third kappa shape index (κ3) is 4.96. The fraction of sp³-hybridized carbons (Fsp3) is 0.400. The van der Waals surface area contributed by atoms with E-state index in [4.69, 9.17) is 9.15 Å². The van der Waals surface area contributed by atoms with Gasteiger partial charge < -0.3 is 13.9 Å². The summed E-state index contributed by atoms with van der Waals surface area (Å²) in [5, 5.41) is 0. The molecule has 0 radical (unpaired) electrons. The van der Waals surface area contributed by atoms with Crippen LogP contribution in [0.4, 0.5) is 13.2 Å². The Bertz CT molecular complexity index is 1090. The molecule has 2 aromatic rings. The van der Waals surface area contributed by atoms with E-state index in [-0.39, 0.29) is 43.9 Å². The molecule has 174 valence electrons. The summed E-state index contributed by atoms with van der Waals surface area (Å²) in [6.45, 7) is -0.585. The Balaban J connectivity index is 1.62. The van der Waals surface area contributed by atoms with Gasteiger partial charge in [-0.05, 0) is 31.0 Å². The predicted octanol–water partition coefficient (Wildman–Crippen LogP) is 3.23. The molecule has 0 spiro atoms. The van der Waals surface area contributed by atoms with Gasteiger partial charge in [0.15, 0.2) is 5.76 Å². The zero-order chi connectivity index (χ0) is 23.5. The average molecular weight is 475 g/mol. The minimum Gasteiger partial charge on any atom is -0.465 e. The lowest BCUT2D eigenvalue weighted by molar-refractivity contribution is -0.151. The van der Waals surface area contributed by atoms with Crippen molar-refractivity contribution in [2.24, 2.45) is 5.92 Å². The molecule has 1 aliphatic heterocycles. The van der Waals surface area contributed by atoms with Crippen molar-refractivity contribution in [2.45, 2.75) is 30.5 Å². The molecule has 8 nitrogen and oxygen atoms in total. The number of hydrogen-bond acceptors (Lipinski definition) is 7. The van der Waals surface area contributed by atoms with Gasteiger partial charge in [-0.2, -0.15) is 17.5 Å². The second-order valence-corrected chi connectivity index (χ2v) is 8.94. The van der Waals surface area contributed by atoms with Gasteiger partial charge in [0.2, 0.25) is 10.0 Å². The number of ether oxygens (including phenoxy) is 2. The van der Waals surface area contributed by atoms with Crippen molar-refractivity contribution < 1.29 is 45.1 Å². The molecule has 1 saturated heterocycles. The van der Waals surface area contributed by atoms with Crippen molar-refractivity contribution in [3.05, 3.63) is 53.5 Å². The molecular formula is C20H20F3NO7S. The molecule has 1 fully saturated rings. The number of hydrogen-bond donors (Lipinski definition) is 0. The van der Waals surface area contributed by atoms with Gasteiger partial charge in [0.25, 0.3) is 0 Å². The normalized spacial score (nSPS) is 16.0. The van der Waals surface area contributed by atoms with E-state index in [1.807, 2.05) is 0 Å². The number of piperidine rings is 1. The molecule has 3 rings (SSSR count). The quantitative estimate of drug-likeness (QED) is 0.591. The number of methoxy groups -OCH3 is 1. The maximum Gasteiger partial charge on any atom is 0.417 e. The van der Waals surface area contributed by atoms with Crippen molar-refractivity contribution >= 4 is 22.0 Å². The standard InChI is InChI=1S/C20H20F3NO7S/c1-29-19(26)14-8-11-30-16(14)12-31-18(25)13-6-9-24(10-7-13)32(27,28)17-5-3-2-4-15(17)20(21,22)23/h2-5,8,11,13H,6-7,9-10,12H2,1H3. The van der Waals surface area contributed by atoms with Crippen LogP contribution in [0.2, 0.25) is 0 Å². The van der Waals surface area contributed by atoms with Gasteiger partial charge in [-0.15, -0.1) is 0 Å². The van der Waals surface area contributed by atoms with Gasteiger partial charge in [-0.1, -0.05) is 12.1 Å². The summed E-state index contributed by atoms with van der Waals surface area (Å²) in [5.41, 5.74) is -1.12. The number of rotatable bonds is 6. The summed E-state index contributed by atoms with van der Waals surface area (Å²) in [6, 6.07) is 5.35. The van der Waals surface area contributed by atoms with E-state index in [0.717, 1.165) is 16.4 Å². The number of esters is 2. The highest BCUT2D eigenvalue weighted by Gasteiger charge is 2.40. The third-order valence-corrected chi connectivity index (χ3v) is 7.05. The van der Waals surface area contributed by atoms with Crippen molar-refractivity contribution in [3.8, 4) is 0 Å². The van der Waals surface area contributed by atoms with Gasteiger partial charge in [0.05, 0.1) is 29.7 Å². The number of carbonyl (C=O) groups is 2. The number of benzene rings is 1. The Labute approximate surface area is 181 Å². The number of furan rings is 1. The van der Waals surface area contributed by atoms with Gasteiger partial charge in [0.1, 0.15) is 12.2 Å². The Hall–Kier alpha value is -2.86. The second-order valence-electron chi connectivity index (χ2n) is 7.03. The number of alkyl halides is 3. The molecule has 0 saturated carbocycles. The number of sulfonamides is 1. The molecule has 1 aromatic heterocycles. The summed E-state index contributed by atoms with van der Waals surface area (Å²) >= 11 is 0. The van der Waals surface area contributed by atoms with Crippen LogP contribution in [0, 0.1) is 5.92 Å². The highest BCUT2D eigenvalue weighted by atomic mass is 32.2. The van der Waals surface area contributed by atoms with Crippen LogP contribution < -0.4 is 0 Å². The first-order chi connectivity index (χ1) is 15.1. The Morgan fingerprint density at radius 3 is 2.44 bits per heavy atom. The SMILES string of the molecule is COC(=O)c1ccoc1COC(=O)C1CCN(S(=O)(=O)c2ccccc2C(F)(F)F)CC1. The zero-order valence-electron chi connectivity index (χ0n) is 16.9. The Morgan fingerprint density at radius 1 is 1.16 bits per heavy atom. The monoisotopic (exact) mass is 475 g/mol. The molecular weight excluding hydrogens is 455 g/mol. The minimum absolute atomic E-state index is 0.0776. The number of carbonyl (C=O) groups excluding carboxylic acids is 2. The molecule has 0 atom stereocenters. The van der Waals surface area contributed by atoms with E-state index in [2.05, 4.69) is 4.74 Å². The predicted molar refractivity (Wildman–Crippen MR) is 103 cm³/mol. The van der Waals surface area contributed by atoms with Crippen LogP contribution >= 0.6 is 0 Å². The highest BCUT2D eigenvalue weighted by Crippen LogP contribution is 2.36. The largest absolute Gasteiger partial charge is 0.465 e.